The van der Waals surface area contributed by atoms with Crippen molar-refractivity contribution in [1.29, 1.82) is 0 Å². The number of aromatic hydroxyl groups is 1. The summed E-state index contributed by atoms with van der Waals surface area (Å²) < 4.78 is 16.8. The van der Waals surface area contributed by atoms with Crippen molar-refractivity contribution in [3.63, 3.8) is 0 Å². The zero-order chi connectivity index (χ0) is 20.1. The number of phenols is 1. The maximum Gasteiger partial charge on any atom is 0.180 e. The molecule has 0 saturated heterocycles. The fourth-order valence-corrected chi connectivity index (χ4v) is 4.48. The third kappa shape index (κ3) is 4.95. The molecule has 1 saturated carbocycles. The van der Waals surface area contributed by atoms with Crippen molar-refractivity contribution in [3.8, 4) is 5.75 Å². The van der Waals surface area contributed by atoms with Gasteiger partial charge in [0.05, 0.1) is 21.1 Å². The van der Waals surface area contributed by atoms with Crippen LogP contribution in [0.25, 0.3) is 10.9 Å². The van der Waals surface area contributed by atoms with Gasteiger partial charge in [-0.05, 0) is 54.6 Å². The fraction of sp³-hybridized carbons (Fsp3) is 0.364. The number of aromatic nitrogens is 1. The van der Waals surface area contributed by atoms with Gasteiger partial charge in [0.2, 0.25) is 0 Å². The van der Waals surface area contributed by atoms with Crippen molar-refractivity contribution in [1.82, 2.24) is 4.98 Å². The van der Waals surface area contributed by atoms with Crippen LogP contribution in [0, 0.1) is 18.7 Å². The molecule has 4 rings (SSSR count). The number of hydrogen-bond donors (Lipinski definition) is 3. The van der Waals surface area contributed by atoms with E-state index in [1.165, 1.54) is 38.2 Å². The molecule has 1 aliphatic rings. The third-order valence-corrected chi connectivity index (χ3v) is 6.26. The Morgan fingerprint density at radius 1 is 1.18 bits per heavy atom. The fourth-order valence-electron chi connectivity index (χ4n) is 3.45. The van der Waals surface area contributed by atoms with E-state index >= 15 is 0 Å². The van der Waals surface area contributed by atoms with E-state index in [4.69, 9.17) is 11.6 Å². The number of aromatic amines is 1. The summed E-state index contributed by atoms with van der Waals surface area (Å²) in [5, 5.41) is 11.0. The van der Waals surface area contributed by atoms with Crippen LogP contribution in [0.2, 0.25) is 5.02 Å². The topological polar surface area (TPSA) is 48.0 Å². The first-order valence-corrected chi connectivity index (χ1v) is 10.8. The van der Waals surface area contributed by atoms with E-state index in [2.05, 4.69) is 16.6 Å². The number of hydrogen-bond acceptors (Lipinski definition) is 3. The smallest absolute Gasteiger partial charge is 0.180 e. The molecular weight excluding hydrogens is 395 g/mol. The second-order valence-electron chi connectivity index (χ2n) is 7.35. The lowest BCUT2D eigenvalue weighted by atomic mass is 9.91. The van der Waals surface area contributed by atoms with Gasteiger partial charge >= 0.3 is 0 Å². The second-order valence-corrected chi connectivity index (χ2v) is 8.61. The van der Waals surface area contributed by atoms with Gasteiger partial charge in [-0.3, -0.25) is 0 Å². The Labute approximate surface area is 174 Å². The Morgan fingerprint density at radius 2 is 1.93 bits per heavy atom. The summed E-state index contributed by atoms with van der Waals surface area (Å²) in [5.41, 5.74) is 2.72. The van der Waals surface area contributed by atoms with Gasteiger partial charge in [-0.1, -0.05) is 56.7 Å². The highest BCUT2D eigenvalue weighted by molar-refractivity contribution is 8.00. The average Bonchev–Trinajstić information content (AvgIpc) is 3.08. The molecule has 0 spiro atoms. The number of halogens is 2. The number of nitrogens with one attached hydrogen (secondary N) is 2. The zero-order valence-corrected chi connectivity index (χ0v) is 17.8. The summed E-state index contributed by atoms with van der Waals surface area (Å²) in [4.78, 5) is 3.48. The van der Waals surface area contributed by atoms with Gasteiger partial charge in [-0.2, -0.15) is 0 Å². The van der Waals surface area contributed by atoms with Crippen LogP contribution in [-0.4, -0.2) is 10.1 Å². The minimum Gasteiger partial charge on any atom is -0.505 e. The van der Waals surface area contributed by atoms with E-state index in [9.17, 15) is 9.50 Å². The number of benzene rings is 2. The molecule has 6 heteroatoms. The van der Waals surface area contributed by atoms with Gasteiger partial charge in [0, 0.05) is 11.6 Å². The van der Waals surface area contributed by atoms with Crippen molar-refractivity contribution >= 4 is 40.1 Å². The number of aryl methyl sites for hydroxylation is 1. The van der Waals surface area contributed by atoms with Gasteiger partial charge in [0.25, 0.3) is 0 Å². The molecule has 1 heterocycles. The van der Waals surface area contributed by atoms with Crippen molar-refractivity contribution < 1.29 is 9.50 Å². The molecule has 2 aromatic carbocycles. The van der Waals surface area contributed by atoms with Crippen LogP contribution in [0.5, 0.6) is 5.75 Å². The Morgan fingerprint density at radius 3 is 2.61 bits per heavy atom. The summed E-state index contributed by atoms with van der Waals surface area (Å²) in [7, 11) is 0. The van der Waals surface area contributed by atoms with Gasteiger partial charge < -0.3 is 14.8 Å². The highest BCUT2D eigenvalue weighted by Gasteiger charge is 2.11. The highest BCUT2D eigenvalue weighted by Crippen LogP contribution is 2.35. The lowest BCUT2D eigenvalue weighted by Crippen LogP contribution is -1.99. The van der Waals surface area contributed by atoms with Gasteiger partial charge in [0.15, 0.2) is 11.6 Å². The maximum atomic E-state index is 13.7. The normalized spacial score (nSPS) is 14.6. The van der Waals surface area contributed by atoms with Crippen LogP contribution in [-0.2, 0) is 0 Å². The molecule has 0 bridgehead atoms. The van der Waals surface area contributed by atoms with Crippen molar-refractivity contribution in [3.05, 3.63) is 52.9 Å². The molecule has 0 aliphatic heterocycles. The molecule has 1 aliphatic carbocycles. The number of H-pyrrole nitrogens is 1. The van der Waals surface area contributed by atoms with Crippen molar-refractivity contribution in [2.45, 2.75) is 50.8 Å². The Balaban J connectivity index is 0.000000271. The van der Waals surface area contributed by atoms with Crippen molar-refractivity contribution in [2.24, 2.45) is 5.92 Å². The molecule has 0 unspecified atom stereocenters. The third-order valence-electron chi connectivity index (χ3n) is 5.09. The summed E-state index contributed by atoms with van der Waals surface area (Å²) >= 11 is 7.29. The Bertz CT molecular complexity index is 938. The standard InChI is InChI=1S/C15H12ClFN2OS.C7H14/c1-8-7-18-15-10(6-5-9(16)13(8)15)19-21-12-4-2-3-11(20)14(12)17;1-7-5-3-2-4-6-7/h2-7,18-20H,1H3;7H,2-6H2,1H3. The van der Waals surface area contributed by atoms with Gasteiger partial charge in [-0.15, -0.1) is 0 Å². The van der Waals surface area contributed by atoms with E-state index in [0.717, 1.165) is 40.0 Å². The predicted octanol–water partition coefficient (Wildman–Crippen LogP) is 7.68. The van der Waals surface area contributed by atoms with Gasteiger partial charge in [-0.25, -0.2) is 4.39 Å². The lowest BCUT2D eigenvalue weighted by Gasteiger charge is -2.15. The minimum atomic E-state index is -0.636. The van der Waals surface area contributed by atoms with E-state index < -0.39 is 5.82 Å². The number of rotatable bonds is 3. The first-order valence-electron chi connectivity index (χ1n) is 9.64. The highest BCUT2D eigenvalue weighted by atomic mass is 35.5. The van der Waals surface area contributed by atoms with Crippen LogP contribution in [0.4, 0.5) is 10.1 Å². The molecule has 150 valence electrons. The van der Waals surface area contributed by atoms with Crippen LogP contribution in [0.3, 0.4) is 0 Å². The van der Waals surface area contributed by atoms with E-state index in [1.54, 1.807) is 18.2 Å². The number of phenolic OH excluding ortho intramolecular Hbond substituents is 1. The zero-order valence-electron chi connectivity index (χ0n) is 16.2. The van der Waals surface area contributed by atoms with Crippen molar-refractivity contribution in [2.75, 3.05) is 4.72 Å². The predicted molar refractivity (Wildman–Crippen MR) is 118 cm³/mol. The molecule has 3 N–H and O–H groups in total. The summed E-state index contributed by atoms with van der Waals surface area (Å²) in [6, 6.07) is 8.13. The monoisotopic (exact) mass is 420 g/mol. The van der Waals surface area contributed by atoms with Crippen LogP contribution >= 0.6 is 23.5 Å². The summed E-state index contributed by atoms with van der Waals surface area (Å²) in [6.07, 6.45) is 9.31. The largest absolute Gasteiger partial charge is 0.505 e. The van der Waals surface area contributed by atoms with Crippen LogP contribution in [0.15, 0.2) is 41.4 Å². The Kier molecular flexibility index (Phi) is 7.13. The molecule has 0 radical (unpaired) electrons. The Hall–Kier alpha value is -1.85. The molecule has 1 aromatic heterocycles. The first kappa shape index (κ1) is 20.9. The summed E-state index contributed by atoms with van der Waals surface area (Å²) in [5.74, 6) is 0.0374. The SMILES string of the molecule is CC1CCCCC1.Cc1c[nH]c2c(NSc3cccc(O)c3F)ccc(Cl)c12. The second kappa shape index (κ2) is 9.57. The van der Waals surface area contributed by atoms with E-state index in [-0.39, 0.29) is 5.75 Å². The van der Waals surface area contributed by atoms with Crippen LogP contribution < -0.4 is 4.72 Å². The quantitative estimate of drug-likeness (QED) is 0.381. The minimum absolute atomic E-state index is 0.321. The first-order chi connectivity index (χ1) is 13.5. The van der Waals surface area contributed by atoms with Gasteiger partial charge in [0.1, 0.15) is 0 Å². The molecule has 3 aromatic rings. The average molecular weight is 421 g/mol. The number of anilines is 1. The molecule has 0 atom stereocenters. The lowest BCUT2D eigenvalue weighted by molar-refractivity contribution is 0.385. The molecule has 1 fully saturated rings. The molecular formula is C22H26ClFN2OS. The number of fused-ring (bicyclic) bond motifs is 1. The van der Waals surface area contributed by atoms with E-state index in [0.29, 0.717) is 9.92 Å². The van der Waals surface area contributed by atoms with Crippen LogP contribution in [0.1, 0.15) is 44.6 Å². The summed E-state index contributed by atoms with van der Waals surface area (Å²) in [6.45, 7) is 4.33. The molecule has 28 heavy (non-hydrogen) atoms. The molecule has 3 nitrogen and oxygen atoms in total. The van der Waals surface area contributed by atoms with E-state index in [1.807, 2.05) is 19.2 Å². The maximum absolute atomic E-state index is 13.7. The molecule has 0 amide bonds.